The van der Waals surface area contributed by atoms with Gasteiger partial charge in [0.05, 0.1) is 0 Å². The molecule has 1 aromatic rings. The molecule has 22 heavy (non-hydrogen) atoms. The number of ether oxygens (including phenoxy) is 1. The van der Waals surface area contributed by atoms with Gasteiger partial charge in [-0.25, -0.2) is 0 Å². The maximum atomic E-state index is 12.3. The van der Waals surface area contributed by atoms with Crippen LogP contribution in [0.4, 0.5) is 0 Å². The van der Waals surface area contributed by atoms with E-state index in [-0.39, 0.29) is 5.91 Å². The molecule has 1 aliphatic rings. The molecule has 2 rings (SSSR count). The molecule has 0 saturated carbocycles. The number of para-hydroxylation sites is 1. The first-order valence-corrected chi connectivity index (χ1v) is 8.38. The van der Waals surface area contributed by atoms with Gasteiger partial charge in [0.25, 0.3) is 5.91 Å². The molecule has 120 valence electrons. The fourth-order valence-electron chi connectivity index (χ4n) is 2.76. The lowest BCUT2D eigenvalue weighted by Crippen LogP contribution is -2.38. The number of carbonyl (C=O) groups is 1. The molecule has 0 aromatic heterocycles. The summed E-state index contributed by atoms with van der Waals surface area (Å²) < 4.78 is 5.87. The Balaban J connectivity index is 1.81. The maximum Gasteiger partial charge on any atom is 0.261 e. The summed E-state index contributed by atoms with van der Waals surface area (Å²) in [4.78, 5) is 12.3. The fraction of sp³-hybridized carbons (Fsp3) is 0.526. The van der Waals surface area contributed by atoms with Crippen molar-refractivity contribution >= 4 is 5.91 Å². The Labute approximate surface area is 133 Å². The minimum absolute atomic E-state index is 0.0119. The summed E-state index contributed by atoms with van der Waals surface area (Å²) in [5.74, 6) is 0.779. The second-order valence-electron chi connectivity index (χ2n) is 5.93. The van der Waals surface area contributed by atoms with Gasteiger partial charge in [0.15, 0.2) is 6.10 Å². The van der Waals surface area contributed by atoms with Crippen LogP contribution in [0.25, 0.3) is 0 Å². The van der Waals surface area contributed by atoms with Crippen LogP contribution in [0.15, 0.2) is 35.9 Å². The third kappa shape index (κ3) is 4.90. The molecule has 3 nitrogen and oxygen atoms in total. The minimum Gasteiger partial charge on any atom is -0.480 e. The molecule has 3 heteroatoms. The number of amides is 1. The molecule has 1 aliphatic carbocycles. The van der Waals surface area contributed by atoms with Crippen LogP contribution < -0.4 is 10.1 Å². The summed E-state index contributed by atoms with van der Waals surface area (Å²) in [6.07, 6.45) is 8.52. The van der Waals surface area contributed by atoms with Gasteiger partial charge in [0.1, 0.15) is 5.75 Å². The molecule has 0 saturated heterocycles. The number of hydrogen-bond donors (Lipinski definition) is 1. The highest BCUT2D eigenvalue weighted by Crippen LogP contribution is 2.20. The van der Waals surface area contributed by atoms with Crippen molar-refractivity contribution < 1.29 is 9.53 Å². The lowest BCUT2D eigenvalue weighted by atomic mass is 9.97. The van der Waals surface area contributed by atoms with Gasteiger partial charge in [-0.2, -0.15) is 0 Å². The van der Waals surface area contributed by atoms with Crippen molar-refractivity contribution in [2.75, 3.05) is 6.54 Å². The van der Waals surface area contributed by atoms with Crippen molar-refractivity contribution in [1.82, 2.24) is 5.32 Å². The van der Waals surface area contributed by atoms with Crippen LogP contribution in [0, 0.1) is 6.92 Å². The van der Waals surface area contributed by atoms with E-state index in [1.165, 1.54) is 31.3 Å². The number of aryl methyl sites for hydroxylation is 1. The average Bonchev–Trinajstić information content (AvgIpc) is 2.55. The van der Waals surface area contributed by atoms with Crippen molar-refractivity contribution in [1.29, 1.82) is 0 Å². The zero-order valence-corrected chi connectivity index (χ0v) is 13.7. The average molecular weight is 301 g/mol. The molecule has 0 aliphatic heterocycles. The SMILES string of the molecule is CC[C@H](Oc1ccccc1C)C(=O)NCCC1=CCCCC1. The van der Waals surface area contributed by atoms with Crippen LogP contribution in [0.1, 0.15) is 51.0 Å². The van der Waals surface area contributed by atoms with E-state index >= 15 is 0 Å². The van der Waals surface area contributed by atoms with Gasteiger partial charge in [-0.15, -0.1) is 0 Å². The van der Waals surface area contributed by atoms with Crippen LogP contribution in [0.5, 0.6) is 5.75 Å². The highest BCUT2D eigenvalue weighted by molar-refractivity contribution is 5.81. The second kappa shape index (κ2) is 8.62. The van der Waals surface area contributed by atoms with E-state index < -0.39 is 6.10 Å². The number of allylic oxidation sites excluding steroid dienone is 1. The molecule has 1 aromatic carbocycles. The Kier molecular flexibility index (Phi) is 6.50. The number of hydrogen-bond acceptors (Lipinski definition) is 2. The largest absolute Gasteiger partial charge is 0.480 e. The topological polar surface area (TPSA) is 38.3 Å². The van der Waals surface area contributed by atoms with Crippen LogP contribution in [0.2, 0.25) is 0 Å². The predicted octanol–water partition coefficient (Wildman–Crippen LogP) is 4.16. The fourth-order valence-corrected chi connectivity index (χ4v) is 2.76. The lowest BCUT2D eigenvalue weighted by molar-refractivity contribution is -0.128. The zero-order chi connectivity index (χ0) is 15.8. The molecular formula is C19H27NO2. The molecule has 0 unspecified atom stereocenters. The monoisotopic (exact) mass is 301 g/mol. The summed E-state index contributed by atoms with van der Waals surface area (Å²) in [5.41, 5.74) is 2.54. The van der Waals surface area contributed by atoms with E-state index in [4.69, 9.17) is 4.74 Å². The highest BCUT2D eigenvalue weighted by Gasteiger charge is 2.18. The van der Waals surface area contributed by atoms with Gasteiger partial charge in [-0.05, 0) is 57.1 Å². The van der Waals surface area contributed by atoms with Gasteiger partial charge < -0.3 is 10.1 Å². The Morgan fingerprint density at radius 1 is 1.32 bits per heavy atom. The molecule has 0 heterocycles. The first-order chi connectivity index (χ1) is 10.7. The number of nitrogens with one attached hydrogen (secondary N) is 1. The zero-order valence-electron chi connectivity index (χ0n) is 13.7. The van der Waals surface area contributed by atoms with Gasteiger partial charge in [-0.1, -0.05) is 36.8 Å². The third-order valence-corrected chi connectivity index (χ3v) is 4.16. The molecular weight excluding hydrogens is 274 g/mol. The molecule has 0 radical (unpaired) electrons. The molecule has 0 fully saturated rings. The molecule has 0 spiro atoms. The van der Waals surface area contributed by atoms with E-state index in [0.29, 0.717) is 13.0 Å². The van der Waals surface area contributed by atoms with Gasteiger partial charge in [0, 0.05) is 6.54 Å². The van der Waals surface area contributed by atoms with E-state index in [1.807, 2.05) is 38.1 Å². The third-order valence-electron chi connectivity index (χ3n) is 4.16. The van der Waals surface area contributed by atoms with Crippen molar-refractivity contribution in [2.45, 2.75) is 58.5 Å². The normalized spacial score (nSPS) is 15.8. The highest BCUT2D eigenvalue weighted by atomic mass is 16.5. The van der Waals surface area contributed by atoms with Crippen molar-refractivity contribution in [2.24, 2.45) is 0 Å². The lowest BCUT2D eigenvalue weighted by Gasteiger charge is -2.19. The standard InChI is InChI=1S/C19H27NO2/c1-3-17(22-18-12-8-7-9-15(18)2)19(21)20-14-13-16-10-5-4-6-11-16/h7-10,12,17H,3-6,11,13-14H2,1-2H3,(H,20,21)/t17-/m0/s1. The van der Waals surface area contributed by atoms with E-state index in [1.54, 1.807) is 0 Å². The van der Waals surface area contributed by atoms with Crippen molar-refractivity contribution in [3.05, 3.63) is 41.5 Å². The Bertz CT molecular complexity index is 522. The number of rotatable bonds is 7. The second-order valence-corrected chi connectivity index (χ2v) is 5.93. The van der Waals surface area contributed by atoms with Crippen LogP contribution in [-0.2, 0) is 4.79 Å². The van der Waals surface area contributed by atoms with Gasteiger partial charge in [0.2, 0.25) is 0 Å². The summed E-state index contributed by atoms with van der Waals surface area (Å²) in [6, 6.07) is 7.82. The molecule has 1 atom stereocenters. The van der Waals surface area contributed by atoms with Crippen LogP contribution >= 0.6 is 0 Å². The van der Waals surface area contributed by atoms with E-state index in [9.17, 15) is 4.79 Å². The molecule has 0 bridgehead atoms. The van der Waals surface area contributed by atoms with E-state index in [0.717, 1.165) is 17.7 Å². The minimum atomic E-state index is -0.415. The Hall–Kier alpha value is -1.77. The maximum absolute atomic E-state index is 12.3. The van der Waals surface area contributed by atoms with E-state index in [2.05, 4.69) is 11.4 Å². The summed E-state index contributed by atoms with van der Waals surface area (Å²) in [7, 11) is 0. The smallest absolute Gasteiger partial charge is 0.261 e. The predicted molar refractivity (Wildman–Crippen MR) is 90.1 cm³/mol. The van der Waals surface area contributed by atoms with Crippen molar-refractivity contribution in [3.8, 4) is 5.75 Å². The first-order valence-electron chi connectivity index (χ1n) is 8.38. The number of carbonyl (C=O) groups excluding carboxylic acids is 1. The van der Waals surface area contributed by atoms with Crippen LogP contribution in [0.3, 0.4) is 0 Å². The van der Waals surface area contributed by atoms with Gasteiger partial charge in [-0.3, -0.25) is 4.79 Å². The quantitative estimate of drug-likeness (QED) is 0.768. The van der Waals surface area contributed by atoms with Gasteiger partial charge >= 0.3 is 0 Å². The van der Waals surface area contributed by atoms with Crippen LogP contribution in [-0.4, -0.2) is 18.6 Å². The Morgan fingerprint density at radius 2 is 2.14 bits per heavy atom. The van der Waals surface area contributed by atoms with Crippen molar-refractivity contribution in [3.63, 3.8) is 0 Å². The summed E-state index contributed by atoms with van der Waals surface area (Å²) >= 11 is 0. The number of benzene rings is 1. The molecule has 1 N–H and O–H groups in total. The summed E-state index contributed by atoms with van der Waals surface area (Å²) in [6.45, 7) is 4.68. The molecule has 1 amide bonds. The first kappa shape index (κ1) is 16.6. The summed E-state index contributed by atoms with van der Waals surface area (Å²) in [5, 5.41) is 3.02. The Morgan fingerprint density at radius 3 is 2.82 bits per heavy atom.